The number of amides is 1. The van der Waals surface area contributed by atoms with Crippen LogP contribution < -0.4 is 5.32 Å². The third-order valence-corrected chi connectivity index (χ3v) is 3.27. The zero-order valence-corrected chi connectivity index (χ0v) is 12.5. The van der Waals surface area contributed by atoms with Gasteiger partial charge in [0.15, 0.2) is 0 Å². The number of carbonyl (C=O) groups is 1. The lowest BCUT2D eigenvalue weighted by molar-refractivity contribution is -0.384. The van der Waals surface area contributed by atoms with E-state index in [-0.39, 0.29) is 17.6 Å². The third-order valence-electron chi connectivity index (χ3n) is 3.27. The molecule has 0 fully saturated rings. The summed E-state index contributed by atoms with van der Waals surface area (Å²) < 4.78 is 5.68. The van der Waals surface area contributed by atoms with Gasteiger partial charge in [0.1, 0.15) is 11.5 Å². The second-order valence-electron chi connectivity index (χ2n) is 5.02. The maximum absolute atomic E-state index is 11.6. The van der Waals surface area contributed by atoms with Crippen LogP contribution in [0.5, 0.6) is 0 Å². The Morgan fingerprint density at radius 1 is 1.32 bits per heavy atom. The van der Waals surface area contributed by atoms with E-state index < -0.39 is 4.92 Å². The molecule has 0 spiro atoms. The van der Waals surface area contributed by atoms with Gasteiger partial charge in [-0.3, -0.25) is 14.9 Å². The van der Waals surface area contributed by atoms with Crippen molar-refractivity contribution in [2.24, 2.45) is 0 Å². The Morgan fingerprint density at radius 2 is 2.05 bits per heavy atom. The van der Waals surface area contributed by atoms with E-state index in [1.807, 2.05) is 13.8 Å². The van der Waals surface area contributed by atoms with Crippen molar-refractivity contribution in [3.8, 4) is 11.3 Å². The first-order valence-electron chi connectivity index (χ1n) is 7.15. The van der Waals surface area contributed by atoms with Crippen LogP contribution in [0.1, 0.15) is 38.5 Å². The van der Waals surface area contributed by atoms with Gasteiger partial charge in [-0.25, -0.2) is 0 Å². The molecule has 0 aliphatic carbocycles. The lowest BCUT2D eigenvalue weighted by Gasteiger charge is -2.10. The molecular weight excluding hydrogens is 284 g/mol. The van der Waals surface area contributed by atoms with Crippen LogP contribution in [0.3, 0.4) is 0 Å². The Kier molecular flexibility index (Phi) is 4.93. The number of nitrogens with zero attached hydrogens (tertiary/aromatic N) is 1. The van der Waals surface area contributed by atoms with Crippen LogP contribution in [0, 0.1) is 10.1 Å². The van der Waals surface area contributed by atoms with Crippen LogP contribution in [0.15, 0.2) is 40.8 Å². The summed E-state index contributed by atoms with van der Waals surface area (Å²) in [5.74, 6) is 0.940. The molecule has 0 saturated carbocycles. The predicted molar refractivity (Wildman–Crippen MR) is 82.3 cm³/mol. The van der Waals surface area contributed by atoms with Crippen LogP contribution in [0.2, 0.25) is 0 Å². The number of nitro groups is 1. The third kappa shape index (κ3) is 3.52. The molecule has 1 heterocycles. The fourth-order valence-electron chi connectivity index (χ4n) is 2.18. The van der Waals surface area contributed by atoms with Gasteiger partial charge in [-0.2, -0.15) is 0 Å². The SMILES string of the molecule is CCCC(=O)N[C@H](C)c1ccc(-c2ccccc2[N+](=O)[O-])o1. The number of nitrogens with one attached hydrogen (secondary N) is 1. The quantitative estimate of drug-likeness (QED) is 0.649. The predicted octanol–water partition coefficient (Wildman–Crippen LogP) is 3.83. The van der Waals surface area contributed by atoms with Crippen molar-refractivity contribution < 1.29 is 14.1 Å². The first-order chi connectivity index (χ1) is 10.5. The van der Waals surface area contributed by atoms with E-state index in [9.17, 15) is 14.9 Å². The van der Waals surface area contributed by atoms with Crippen molar-refractivity contribution in [1.82, 2.24) is 5.32 Å². The zero-order chi connectivity index (χ0) is 16.1. The van der Waals surface area contributed by atoms with Gasteiger partial charge >= 0.3 is 0 Å². The maximum Gasteiger partial charge on any atom is 0.280 e. The van der Waals surface area contributed by atoms with Crippen molar-refractivity contribution >= 4 is 11.6 Å². The first kappa shape index (κ1) is 15.8. The Labute approximate surface area is 128 Å². The average Bonchev–Trinajstić information content (AvgIpc) is 2.97. The summed E-state index contributed by atoms with van der Waals surface area (Å²) in [5, 5.41) is 13.9. The summed E-state index contributed by atoms with van der Waals surface area (Å²) in [6.45, 7) is 3.75. The Balaban J connectivity index is 2.22. The molecule has 1 N–H and O–H groups in total. The van der Waals surface area contributed by atoms with Crippen LogP contribution >= 0.6 is 0 Å². The summed E-state index contributed by atoms with van der Waals surface area (Å²) in [7, 11) is 0. The number of rotatable bonds is 6. The van der Waals surface area contributed by atoms with Gasteiger partial charge in [0.2, 0.25) is 5.91 Å². The van der Waals surface area contributed by atoms with Gasteiger partial charge in [-0.05, 0) is 31.5 Å². The number of nitro benzene ring substituents is 1. The van der Waals surface area contributed by atoms with Crippen molar-refractivity contribution in [2.45, 2.75) is 32.7 Å². The molecule has 2 rings (SSSR count). The molecule has 0 unspecified atom stereocenters. The molecule has 6 heteroatoms. The lowest BCUT2D eigenvalue weighted by Crippen LogP contribution is -2.25. The largest absolute Gasteiger partial charge is 0.459 e. The molecule has 0 aliphatic rings. The molecule has 6 nitrogen and oxygen atoms in total. The fourth-order valence-corrected chi connectivity index (χ4v) is 2.18. The zero-order valence-electron chi connectivity index (χ0n) is 12.5. The highest BCUT2D eigenvalue weighted by Crippen LogP contribution is 2.32. The summed E-state index contributed by atoms with van der Waals surface area (Å²) in [6, 6.07) is 9.53. The van der Waals surface area contributed by atoms with Crippen molar-refractivity contribution in [3.05, 3.63) is 52.3 Å². The molecule has 1 aromatic carbocycles. The van der Waals surface area contributed by atoms with Crippen LogP contribution in [0.25, 0.3) is 11.3 Å². The Hall–Kier alpha value is -2.63. The molecule has 0 aliphatic heterocycles. The van der Waals surface area contributed by atoms with Crippen LogP contribution in [-0.2, 0) is 4.79 Å². The maximum atomic E-state index is 11.6. The minimum Gasteiger partial charge on any atom is -0.459 e. The minimum absolute atomic E-state index is 0.00827. The topological polar surface area (TPSA) is 85.4 Å². The van der Waals surface area contributed by atoms with Gasteiger partial charge in [-0.15, -0.1) is 0 Å². The highest BCUT2D eigenvalue weighted by atomic mass is 16.6. The number of para-hydroxylation sites is 1. The second-order valence-corrected chi connectivity index (χ2v) is 5.02. The van der Waals surface area contributed by atoms with Gasteiger partial charge in [-0.1, -0.05) is 19.1 Å². The molecule has 0 bridgehead atoms. The molecular formula is C16H18N2O4. The van der Waals surface area contributed by atoms with E-state index in [0.29, 0.717) is 23.5 Å². The average molecular weight is 302 g/mol. The summed E-state index contributed by atoms with van der Waals surface area (Å²) >= 11 is 0. The fraction of sp³-hybridized carbons (Fsp3) is 0.312. The monoisotopic (exact) mass is 302 g/mol. The number of carbonyl (C=O) groups excluding carboxylic acids is 1. The molecule has 1 atom stereocenters. The van der Waals surface area contributed by atoms with Gasteiger partial charge in [0.25, 0.3) is 5.69 Å². The second kappa shape index (κ2) is 6.89. The molecule has 2 aromatic rings. The summed E-state index contributed by atoms with van der Waals surface area (Å²) in [6.07, 6.45) is 1.24. The number of hydrogen-bond donors (Lipinski definition) is 1. The smallest absolute Gasteiger partial charge is 0.280 e. The molecule has 0 radical (unpaired) electrons. The van der Waals surface area contributed by atoms with E-state index in [0.717, 1.165) is 6.42 Å². The summed E-state index contributed by atoms with van der Waals surface area (Å²) in [5.41, 5.74) is 0.414. The van der Waals surface area contributed by atoms with Gasteiger partial charge < -0.3 is 9.73 Å². The molecule has 1 amide bonds. The van der Waals surface area contributed by atoms with Crippen molar-refractivity contribution in [2.75, 3.05) is 0 Å². The van der Waals surface area contributed by atoms with Crippen molar-refractivity contribution in [1.29, 1.82) is 0 Å². The molecule has 0 saturated heterocycles. The number of furan rings is 1. The highest BCUT2D eigenvalue weighted by Gasteiger charge is 2.19. The highest BCUT2D eigenvalue weighted by molar-refractivity contribution is 5.76. The first-order valence-corrected chi connectivity index (χ1v) is 7.15. The Bertz CT molecular complexity index is 678. The van der Waals surface area contributed by atoms with E-state index in [1.54, 1.807) is 30.3 Å². The normalized spacial score (nSPS) is 11.9. The minimum atomic E-state index is -0.440. The molecule has 1 aromatic heterocycles. The lowest BCUT2D eigenvalue weighted by atomic mass is 10.1. The van der Waals surface area contributed by atoms with E-state index >= 15 is 0 Å². The van der Waals surface area contributed by atoms with E-state index in [4.69, 9.17) is 4.42 Å². The van der Waals surface area contributed by atoms with Crippen LogP contribution in [0.4, 0.5) is 5.69 Å². The standard InChI is InChI=1S/C16H18N2O4/c1-3-6-16(19)17-11(2)14-9-10-15(22-14)12-7-4-5-8-13(12)18(20)21/h4-5,7-11H,3,6H2,1-2H3,(H,17,19)/t11-/m1/s1. The number of benzene rings is 1. The summed E-state index contributed by atoms with van der Waals surface area (Å²) in [4.78, 5) is 22.2. The van der Waals surface area contributed by atoms with E-state index in [1.165, 1.54) is 6.07 Å². The van der Waals surface area contributed by atoms with Gasteiger partial charge in [0.05, 0.1) is 16.5 Å². The van der Waals surface area contributed by atoms with Crippen LogP contribution in [-0.4, -0.2) is 10.8 Å². The number of hydrogen-bond acceptors (Lipinski definition) is 4. The van der Waals surface area contributed by atoms with Gasteiger partial charge in [0, 0.05) is 12.5 Å². The molecule has 116 valence electrons. The Morgan fingerprint density at radius 3 is 2.73 bits per heavy atom. The van der Waals surface area contributed by atoms with E-state index in [2.05, 4.69) is 5.32 Å². The van der Waals surface area contributed by atoms with Crippen molar-refractivity contribution in [3.63, 3.8) is 0 Å². The molecule has 22 heavy (non-hydrogen) atoms.